The largest absolute Gasteiger partial charge is 0.476 e. The molecule has 1 heterocycles. The molecule has 0 aliphatic carbocycles. The van der Waals surface area contributed by atoms with Crippen molar-refractivity contribution in [3.05, 3.63) is 10.4 Å². The first-order valence-corrected chi connectivity index (χ1v) is 6.74. The fraction of sp³-hybridized carbons (Fsp3) is 0.818. The van der Waals surface area contributed by atoms with Gasteiger partial charge in [-0.2, -0.15) is 0 Å². The number of hydrogen-bond acceptors (Lipinski definition) is 9. The van der Waals surface area contributed by atoms with Gasteiger partial charge in [0, 0.05) is 11.8 Å². The summed E-state index contributed by atoms with van der Waals surface area (Å²) in [4.78, 5) is 29.4. The van der Waals surface area contributed by atoms with Crippen molar-refractivity contribution in [1.82, 2.24) is 5.32 Å². The molecule has 1 rings (SSSR count). The van der Waals surface area contributed by atoms with Gasteiger partial charge < -0.3 is 40.4 Å². The molecule has 0 unspecified atom stereocenters. The molecule has 1 saturated heterocycles. The Kier molecular flexibility index (Phi) is 6.71. The van der Waals surface area contributed by atoms with Gasteiger partial charge in [-0.05, 0) is 5.53 Å². The molecule has 0 aromatic carbocycles. The van der Waals surface area contributed by atoms with E-state index in [0.29, 0.717) is 0 Å². The van der Waals surface area contributed by atoms with E-state index in [4.69, 9.17) is 15.4 Å². The number of nitrogens with one attached hydrogen (secondary N) is 1. The van der Waals surface area contributed by atoms with E-state index in [0.717, 1.165) is 6.92 Å². The fourth-order valence-corrected chi connectivity index (χ4v) is 2.30. The number of carbonyl (C=O) groups excluding carboxylic acids is 1. The standard InChI is InChI=1S/C11H18N4O9/c1-4(17)13-7-5(18)2-11(10(21)22,24-15-14-12)23-9(7)8(20)6(19)3-16/h5-9,16,18-20H,2-3H2,1H3,(H,13,17)(H,21,22)/t5-,6+,7+,8+,9+,11+/m0/s1. The topological polar surface area (TPSA) is 215 Å². The number of carboxylic acid groups (broad SMARTS) is 1. The van der Waals surface area contributed by atoms with Crippen molar-refractivity contribution in [2.45, 2.75) is 49.6 Å². The van der Waals surface area contributed by atoms with Crippen molar-refractivity contribution in [2.24, 2.45) is 5.28 Å². The number of rotatable bonds is 7. The Bertz CT molecular complexity index is 526. The molecule has 1 fully saturated rings. The maximum absolute atomic E-state index is 11.4. The molecule has 13 heteroatoms. The predicted octanol–water partition coefficient (Wildman–Crippen LogP) is -2.62. The Hall–Kier alpha value is -2.15. The molecule has 6 atom stereocenters. The zero-order valence-electron chi connectivity index (χ0n) is 12.5. The highest BCUT2D eigenvalue weighted by Gasteiger charge is 2.56. The van der Waals surface area contributed by atoms with Gasteiger partial charge in [-0.25, -0.2) is 4.79 Å². The van der Waals surface area contributed by atoms with Crippen molar-refractivity contribution in [2.75, 3.05) is 6.61 Å². The first kappa shape index (κ1) is 19.9. The van der Waals surface area contributed by atoms with Crippen LogP contribution in [0.4, 0.5) is 0 Å². The van der Waals surface area contributed by atoms with Crippen LogP contribution in [-0.4, -0.2) is 80.3 Å². The lowest BCUT2D eigenvalue weighted by Gasteiger charge is -2.45. The number of carboxylic acids is 1. The number of amides is 1. The van der Waals surface area contributed by atoms with Gasteiger partial charge in [0.1, 0.15) is 23.6 Å². The van der Waals surface area contributed by atoms with E-state index >= 15 is 0 Å². The summed E-state index contributed by atoms with van der Waals surface area (Å²) in [6.45, 7) is 0.204. The maximum atomic E-state index is 11.4. The molecule has 1 aliphatic rings. The normalized spacial score (nSPS) is 32.1. The average molecular weight is 350 g/mol. The summed E-state index contributed by atoms with van der Waals surface area (Å²) in [5.41, 5.74) is 8.27. The number of hydrogen-bond donors (Lipinski definition) is 6. The van der Waals surface area contributed by atoms with Crippen molar-refractivity contribution in [3.63, 3.8) is 0 Å². The van der Waals surface area contributed by atoms with Crippen LogP contribution in [0.25, 0.3) is 10.4 Å². The number of nitrogens with zero attached hydrogens (tertiary/aromatic N) is 3. The molecule has 0 bridgehead atoms. The van der Waals surface area contributed by atoms with E-state index in [1.165, 1.54) is 0 Å². The molecule has 1 aliphatic heterocycles. The van der Waals surface area contributed by atoms with Crippen LogP contribution >= 0.6 is 0 Å². The van der Waals surface area contributed by atoms with Crippen LogP contribution in [0.5, 0.6) is 0 Å². The van der Waals surface area contributed by atoms with Gasteiger partial charge in [0.2, 0.25) is 5.91 Å². The van der Waals surface area contributed by atoms with Crippen LogP contribution < -0.4 is 5.32 Å². The van der Waals surface area contributed by atoms with Crippen molar-refractivity contribution in [3.8, 4) is 0 Å². The van der Waals surface area contributed by atoms with Crippen LogP contribution in [0.1, 0.15) is 13.3 Å². The quantitative estimate of drug-likeness (QED) is 0.122. The molecular formula is C11H18N4O9. The van der Waals surface area contributed by atoms with E-state index in [-0.39, 0.29) is 0 Å². The molecule has 136 valence electrons. The number of aliphatic carboxylic acids is 1. The van der Waals surface area contributed by atoms with Gasteiger partial charge in [0.25, 0.3) is 0 Å². The molecule has 0 aromatic rings. The van der Waals surface area contributed by atoms with Gasteiger partial charge >= 0.3 is 11.8 Å². The lowest BCUT2D eigenvalue weighted by atomic mass is 9.88. The Morgan fingerprint density at radius 3 is 2.62 bits per heavy atom. The highest BCUT2D eigenvalue weighted by Crippen LogP contribution is 2.33. The Morgan fingerprint density at radius 2 is 2.17 bits per heavy atom. The monoisotopic (exact) mass is 350 g/mol. The number of carbonyl (C=O) groups is 2. The minimum Gasteiger partial charge on any atom is -0.476 e. The van der Waals surface area contributed by atoms with E-state index in [1.807, 2.05) is 0 Å². The fourth-order valence-electron chi connectivity index (χ4n) is 2.30. The van der Waals surface area contributed by atoms with E-state index < -0.39 is 61.1 Å². The summed E-state index contributed by atoms with van der Waals surface area (Å²) in [6.07, 6.45) is -7.69. The maximum Gasteiger partial charge on any atom is 0.377 e. The van der Waals surface area contributed by atoms with Crippen molar-refractivity contribution < 1.29 is 44.7 Å². The SMILES string of the molecule is CC(=O)N[C@H]1[C@H]([C@H](O)[C@H](O)CO)O[C@](ON=[N+]=[N-])(C(=O)O)C[C@@H]1O. The summed E-state index contributed by atoms with van der Waals surface area (Å²) in [6, 6.07) is -1.32. The van der Waals surface area contributed by atoms with Crippen LogP contribution in [0.2, 0.25) is 0 Å². The summed E-state index contributed by atoms with van der Waals surface area (Å²) in [5.74, 6) is -5.05. The minimum absolute atomic E-state index is 0.628. The molecule has 0 aromatic heterocycles. The number of azide groups is 1. The van der Waals surface area contributed by atoms with E-state index in [1.54, 1.807) is 0 Å². The van der Waals surface area contributed by atoms with Crippen LogP contribution in [0.3, 0.4) is 0 Å². The lowest BCUT2D eigenvalue weighted by molar-refractivity contribution is -0.312. The highest BCUT2D eigenvalue weighted by molar-refractivity contribution is 5.76. The molecule has 0 spiro atoms. The molecule has 0 radical (unpaired) electrons. The van der Waals surface area contributed by atoms with Gasteiger partial charge in [0.15, 0.2) is 0 Å². The third-order valence-corrected chi connectivity index (χ3v) is 3.41. The zero-order chi connectivity index (χ0) is 18.5. The molecule has 0 saturated carbocycles. The number of aliphatic hydroxyl groups is 4. The molecule has 24 heavy (non-hydrogen) atoms. The zero-order valence-corrected chi connectivity index (χ0v) is 12.5. The molecule has 13 nitrogen and oxygen atoms in total. The second-order valence-electron chi connectivity index (χ2n) is 5.14. The summed E-state index contributed by atoms with van der Waals surface area (Å²) >= 11 is 0. The lowest BCUT2D eigenvalue weighted by Crippen LogP contribution is -2.67. The van der Waals surface area contributed by atoms with Crippen LogP contribution in [-0.2, 0) is 19.2 Å². The number of ether oxygens (including phenoxy) is 1. The van der Waals surface area contributed by atoms with Gasteiger partial charge in [0.05, 0.1) is 25.2 Å². The van der Waals surface area contributed by atoms with Gasteiger partial charge in [-0.1, -0.05) is 0 Å². The van der Waals surface area contributed by atoms with Gasteiger partial charge in [-0.15, -0.1) is 0 Å². The molecule has 6 N–H and O–H groups in total. The smallest absolute Gasteiger partial charge is 0.377 e. The molecular weight excluding hydrogens is 332 g/mol. The van der Waals surface area contributed by atoms with Crippen LogP contribution in [0, 0.1) is 0 Å². The minimum atomic E-state index is -2.65. The third-order valence-electron chi connectivity index (χ3n) is 3.41. The second-order valence-corrected chi connectivity index (χ2v) is 5.14. The Morgan fingerprint density at radius 1 is 1.54 bits per heavy atom. The van der Waals surface area contributed by atoms with Gasteiger partial charge in [-0.3, -0.25) is 4.79 Å². The summed E-state index contributed by atoms with van der Waals surface area (Å²) < 4.78 is 5.12. The Balaban J connectivity index is 3.23. The van der Waals surface area contributed by atoms with Crippen LogP contribution in [0.15, 0.2) is 5.28 Å². The predicted molar refractivity (Wildman–Crippen MR) is 72.8 cm³/mol. The highest BCUT2D eigenvalue weighted by atomic mass is 16.8. The second kappa shape index (κ2) is 8.10. The third kappa shape index (κ3) is 4.23. The van der Waals surface area contributed by atoms with E-state index in [2.05, 4.69) is 20.3 Å². The average Bonchev–Trinajstić information content (AvgIpc) is 2.53. The van der Waals surface area contributed by atoms with Crippen molar-refractivity contribution >= 4 is 11.9 Å². The summed E-state index contributed by atoms with van der Waals surface area (Å²) in [7, 11) is 0. The van der Waals surface area contributed by atoms with E-state index in [9.17, 15) is 30.0 Å². The Labute approximate surface area is 135 Å². The first-order chi connectivity index (χ1) is 11.2. The first-order valence-electron chi connectivity index (χ1n) is 6.74. The number of aliphatic hydroxyl groups excluding tert-OH is 4. The molecule has 1 amide bonds. The summed E-state index contributed by atoms with van der Waals surface area (Å²) in [5, 5.41) is 52.8. The van der Waals surface area contributed by atoms with Crippen molar-refractivity contribution in [1.29, 1.82) is 0 Å².